The highest BCUT2D eigenvalue weighted by Crippen LogP contribution is 2.37. The van der Waals surface area contributed by atoms with Gasteiger partial charge in [-0.2, -0.15) is 13.2 Å². The Labute approximate surface area is 126 Å². The van der Waals surface area contributed by atoms with Crippen molar-refractivity contribution in [1.29, 1.82) is 0 Å². The van der Waals surface area contributed by atoms with E-state index in [4.69, 9.17) is 5.11 Å². The fourth-order valence-corrected chi connectivity index (χ4v) is 2.04. The molecule has 0 fully saturated rings. The second kappa shape index (κ2) is 7.29. The van der Waals surface area contributed by atoms with Gasteiger partial charge in [-0.1, -0.05) is 44.2 Å². The lowest BCUT2D eigenvalue weighted by Crippen LogP contribution is -2.45. The largest absolute Gasteiger partial charge is 0.480 e. The fraction of sp³-hybridized carbons (Fsp3) is 0.467. The molecule has 1 aromatic rings. The van der Waals surface area contributed by atoms with Crippen LogP contribution >= 0.6 is 0 Å². The van der Waals surface area contributed by atoms with E-state index in [-0.39, 0.29) is 5.56 Å². The van der Waals surface area contributed by atoms with Gasteiger partial charge >= 0.3 is 12.1 Å². The average Bonchev–Trinajstić information content (AvgIpc) is 2.41. The Kier molecular flexibility index (Phi) is 5.96. The number of amides is 1. The first-order chi connectivity index (χ1) is 10.1. The smallest absolute Gasteiger partial charge is 0.396 e. The molecule has 7 heteroatoms. The van der Waals surface area contributed by atoms with Crippen molar-refractivity contribution in [1.82, 2.24) is 5.32 Å². The minimum absolute atomic E-state index is 0.0263. The summed E-state index contributed by atoms with van der Waals surface area (Å²) in [6.45, 7) is 3.13. The molecule has 0 heterocycles. The highest BCUT2D eigenvalue weighted by atomic mass is 19.4. The fourth-order valence-electron chi connectivity index (χ4n) is 2.04. The number of carbonyl (C=O) groups excluding carboxylic acids is 1. The van der Waals surface area contributed by atoms with E-state index in [1.807, 2.05) is 0 Å². The quantitative estimate of drug-likeness (QED) is 0.848. The van der Waals surface area contributed by atoms with Crippen LogP contribution in [0.25, 0.3) is 0 Å². The third-order valence-electron chi connectivity index (χ3n) is 3.24. The number of carboxylic acids is 1. The molecule has 0 saturated heterocycles. The van der Waals surface area contributed by atoms with Crippen molar-refractivity contribution in [2.24, 2.45) is 5.92 Å². The maximum absolute atomic E-state index is 13.1. The van der Waals surface area contributed by atoms with Gasteiger partial charge in [0.05, 0.1) is 5.92 Å². The Morgan fingerprint density at radius 1 is 1.18 bits per heavy atom. The van der Waals surface area contributed by atoms with Crippen molar-refractivity contribution in [3.63, 3.8) is 0 Å². The van der Waals surface area contributed by atoms with Crippen LogP contribution in [0.4, 0.5) is 13.2 Å². The number of benzene rings is 1. The summed E-state index contributed by atoms with van der Waals surface area (Å²) >= 11 is 0. The van der Waals surface area contributed by atoms with E-state index >= 15 is 0 Å². The van der Waals surface area contributed by atoms with Crippen LogP contribution in [0.1, 0.15) is 31.7 Å². The van der Waals surface area contributed by atoms with Crippen LogP contribution in [0, 0.1) is 5.92 Å². The molecule has 1 aromatic carbocycles. The lowest BCUT2D eigenvalue weighted by atomic mass is 9.94. The lowest BCUT2D eigenvalue weighted by Gasteiger charge is -2.23. The maximum Gasteiger partial charge on any atom is 0.396 e. The molecule has 0 radical (unpaired) electrons. The third-order valence-corrected chi connectivity index (χ3v) is 3.24. The molecule has 1 rings (SSSR count). The summed E-state index contributed by atoms with van der Waals surface area (Å²) in [7, 11) is 0. The molecule has 1 amide bonds. The van der Waals surface area contributed by atoms with Crippen LogP contribution in [-0.2, 0) is 9.59 Å². The van der Waals surface area contributed by atoms with E-state index < -0.39 is 42.4 Å². The molecule has 0 aliphatic heterocycles. The molecular formula is C15H18F3NO3. The van der Waals surface area contributed by atoms with E-state index in [9.17, 15) is 22.8 Å². The first-order valence-electron chi connectivity index (χ1n) is 6.76. The zero-order valence-electron chi connectivity index (χ0n) is 12.2. The molecule has 0 aromatic heterocycles. The molecule has 0 saturated carbocycles. The first-order valence-corrected chi connectivity index (χ1v) is 6.76. The summed E-state index contributed by atoms with van der Waals surface area (Å²) in [5.74, 6) is -4.60. The van der Waals surface area contributed by atoms with Crippen LogP contribution in [0.2, 0.25) is 0 Å². The van der Waals surface area contributed by atoms with Crippen molar-refractivity contribution in [2.75, 3.05) is 0 Å². The second-order valence-electron chi connectivity index (χ2n) is 5.34. The van der Waals surface area contributed by atoms with Gasteiger partial charge in [0.1, 0.15) is 6.04 Å². The minimum atomic E-state index is -4.59. The topological polar surface area (TPSA) is 66.4 Å². The van der Waals surface area contributed by atoms with E-state index in [0.29, 0.717) is 0 Å². The SMILES string of the molecule is CC(C)[C@H](NC(=O)CC(c1ccccc1)C(F)(F)F)C(=O)O. The van der Waals surface area contributed by atoms with Crippen molar-refractivity contribution >= 4 is 11.9 Å². The molecule has 122 valence electrons. The Bertz CT molecular complexity index is 515. The number of halogens is 3. The standard InChI is InChI=1S/C15H18F3NO3/c1-9(2)13(14(21)22)19-12(20)8-11(15(16,17)18)10-6-4-3-5-7-10/h3-7,9,11,13H,8H2,1-2H3,(H,19,20)(H,21,22)/t11?,13-/m0/s1. The average molecular weight is 317 g/mol. The van der Waals surface area contributed by atoms with Crippen molar-refractivity contribution in [3.8, 4) is 0 Å². The van der Waals surface area contributed by atoms with Crippen molar-refractivity contribution in [2.45, 2.75) is 38.4 Å². The number of aliphatic carboxylic acids is 1. The van der Waals surface area contributed by atoms with Crippen molar-refractivity contribution < 1.29 is 27.9 Å². The molecule has 0 bridgehead atoms. The molecular weight excluding hydrogens is 299 g/mol. The molecule has 0 aliphatic rings. The summed E-state index contributed by atoms with van der Waals surface area (Å²) in [6, 6.07) is 5.87. The van der Waals surface area contributed by atoms with Gasteiger partial charge in [-0.25, -0.2) is 4.79 Å². The van der Waals surface area contributed by atoms with Gasteiger partial charge < -0.3 is 10.4 Å². The van der Waals surface area contributed by atoms with E-state index in [1.165, 1.54) is 24.3 Å². The Hall–Kier alpha value is -2.05. The van der Waals surface area contributed by atoms with Crippen LogP contribution in [0.3, 0.4) is 0 Å². The van der Waals surface area contributed by atoms with Gasteiger partial charge in [0, 0.05) is 6.42 Å². The monoisotopic (exact) mass is 317 g/mol. The minimum Gasteiger partial charge on any atom is -0.480 e. The Morgan fingerprint density at radius 3 is 2.14 bits per heavy atom. The zero-order chi connectivity index (χ0) is 16.9. The molecule has 4 nitrogen and oxygen atoms in total. The predicted octanol–water partition coefficient (Wildman–Crippen LogP) is 2.95. The number of hydrogen-bond acceptors (Lipinski definition) is 2. The summed E-state index contributed by atoms with van der Waals surface area (Å²) in [6.07, 6.45) is -5.43. The predicted molar refractivity (Wildman–Crippen MR) is 74.3 cm³/mol. The molecule has 0 spiro atoms. The third kappa shape index (κ3) is 5.05. The first kappa shape index (κ1) is 18.0. The summed E-state index contributed by atoms with van der Waals surface area (Å²) in [5.41, 5.74) is -0.0263. The van der Waals surface area contributed by atoms with Gasteiger partial charge in [-0.15, -0.1) is 0 Å². The highest BCUT2D eigenvalue weighted by Gasteiger charge is 2.42. The Morgan fingerprint density at radius 2 is 1.73 bits per heavy atom. The van der Waals surface area contributed by atoms with E-state index in [0.717, 1.165) is 0 Å². The van der Waals surface area contributed by atoms with Gasteiger partial charge in [0.25, 0.3) is 0 Å². The van der Waals surface area contributed by atoms with Crippen LogP contribution in [-0.4, -0.2) is 29.2 Å². The summed E-state index contributed by atoms with van der Waals surface area (Å²) in [4.78, 5) is 22.8. The van der Waals surface area contributed by atoms with E-state index in [1.54, 1.807) is 19.9 Å². The van der Waals surface area contributed by atoms with Gasteiger partial charge in [0.2, 0.25) is 5.91 Å². The number of carboxylic acid groups (broad SMARTS) is 1. The van der Waals surface area contributed by atoms with E-state index in [2.05, 4.69) is 5.32 Å². The zero-order valence-corrected chi connectivity index (χ0v) is 12.2. The summed E-state index contributed by atoms with van der Waals surface area (Å²) in [5, 5.41) is 11.1. The number of carbonyl (C=O) groups is 2. The van der Waals surface area contributed by atoms with Gasteiger partial charge in [0.15, 0.2) is 0 Å². The maximum atomic E-state index is 13.1. The normalized spacial score (nSPS) is 14.5. The van der Waals surface area contributed by atoms with Crippen LogP contribution in [0.15, 0.2) is 30.3 Å². The second-order valence-corrected chi connectivity index (χ2v) is 5.34. The summed E-state index contributed by atoms with van der Waals surface area (Å²) < 4.78 is 39.4. The van der Waals surface area contributed by atoms with Gasteiger partial charge in [-0.3, -0.25) is 4.79 Å². The number of nitrogens with one attached hydrogen (secondary N) is 1. The number of rotatable bonds is 6. The number of hydrogen-bond donors (Lipinski definition) is 2. The highest BCUT2D eigenvalue weighted by molar-refractivity contribution is 5.84. The Balaban J connectivity index is 2.87. The molecule has 2 atom stereocenters. The number of alkyl halides is 3. The van der Waals surface area contributed by atoms with Crippen LogP contribution < -0.4 is 5.32 Å². The van der Waals surface area contributed by atoms with Crippen LogP contribution in [0.5, 0.6) is 0 Å². The molecule has 22 heavy (non-hydrogen) atoms. The molecule has 0 aliphatic carbocycles. The van der Waals surface area contributed by atoms with Crippen molar-refractivity contribution in [3.05, 3.63) is 35.9 Å². The molecule has 1 unspecified atom stereocenters. The molecule has 2 N–H and O–H groups in total. The lowest BCUT2D eigenvalue weighted by molar-refractivity contribution is -0.158. The van der Waals surface area contributed by atoms with Gasteiger partial charge in [-0.05, 0) is 11.5 Å².